The fraction of sp³-hybridized carbons (Fsp3) is 0.750. The Morgan fingerprint density at radius 2 is 2.40 bits per heavy atom. The van der Waals surface area contributed by atoms with Crippen LogP contribution in [0.25, 0.3) is 0 Å². The summed E-state index contributed by atoms with van der Waals surface area (Å²) in [5.41, 5.74) is 0. The minimum atomic E-state index is 0.670. The van der Waals surface area contributed by atoms with E-state index in [0.29, 0.717) is 12.0 Å². The molecule has 0 aromatic carbocycles. The van der Waals surface area contributed by atoms with Gasteiger partial charge in [-0.2, -0.15) is 0 Å². The second-order valence-corrected chi connectivity index (χ2v) is 4.47. The van der Waals surface area contributed by atoms with Gasteiger partial charge in [0.05, 0.1) is 0 Å². The number of imidazole rings is 1. The van der Waals surface area contributed by atoms with Crippen LogP contribution >= 0.6 is 0 Å². The summed E-state index contributed by atoms with van der Waals surface area (Å²) in [4.78, 5) is 4.52. The average Bonchev–Trinajstić information content (AvgIpc) is 2.85. The van der Waals surface area contributed by atoms with E-state index in [1.54, 1.807) is 0 Å². The fourth-order valence-corrected chi connectivity index (χ4v) is 2.59. The average molecular weight is 207 g/mol. The number of aryl methyl sites for hydroxylation is 1. The molecule has 1 aromatic heterocycles. The molecule has 1 saturated carbocycles. The maximum Gasteiger partial charge on any atom is 0.111 e. The number of nitrogens with one attached hydrogen (secondary N) is 1. The van der Waals surface area contributed by atoms with Crippen LogP contribution in [0, 0.1) is 0 Å². The standard InChI is InChI=1S/C12H21N3/c1-3-7-15-8-6-14-12(15)10-4-5-11(9-10)13-2/h6,8,10-11,13H,3-5,7,9H2,1-2H3. The lowest BCUT2D eigenvalue weighted by molar-refractivity contribution is 0.542. The molecule has 2 atom stereocenters. The molecule has 1 aromatic rings. The van der Waals surface area contributed by atoms with Crippen molar-refractivity contribution in [1.82, 2.24) is 14.9 Å². The van der Waals surface area contributed by atoms with Crippen LogP contribution in [0.4, 0.5) is 0 Å². The lowest BCUT2D eigenvalue weighted by atomic mass is 10.1. The highest BCUT2D eigenvalue weighted by molar-refractivity contribution is 5.04. The molecule has 2 unspecified atom stereocenters. The van der Waals surface area contributed by atoms with Crippen molar-refractivity contribution in [2.75, 3.05) is 7.05 Å². The van der Waals surface area contributed by atoms with E-state index in [1.807, 2.05) is 6.20 Å². The Kier molecular flexibility index (Phi) is 3.41. The summed E-state index contributed by atoms with van der Waals surface area (Å²) in [5, 5.41) is 3.37. The van der Waals surface area contributed by atoms with Crippen LogP contribution < -0.4 is 5.32 Å². The quantitative estimate of drug-likeness (QED) is 0.820. The van der Waals surface area contributed by atoms with Crippen molar-refractivity contribution in [1.29, 1.82) is 0 Å². The molecule has 1 aliphatic rings. The minimum absolute atomic E-state index is 0.670. The third-order valence-electron chi connectivity index (χ3n) is 3.42. The Hall–Kier alpha value is -0.830. The molecule has 0 bridgehead atoms. The molecule has 3 nitrogen and oxygen atoms in total. The fourth-order valence-electron chi connectivity index (χ4n) is 2.59. The number of rotatable bonds is 4. The van der Waals surface area contributed by atoms with Gasteiger partial charge in [0, 0.05) is 30.9 Å². The summed E-state index contributed by atoms with van der Waals surface area (Å²) in [6.07, 6.45) is 9.07. The van der Waals surface area contributed by atoms with Gasteiger partial charge >= 0.3 is 0 Å². The van der Waals surface area contributed by atoms with Gasteiger partial charge in [0.15, 0.2) is 0 Å². The first-order chi connectivity index (χ1) is 7.35. The van der Waals surface area contributed by atoms with Crippen LogP contribution in [0.1, 0.15) is 44.3 Å². The highest BCUT2D eigenvalue weighted by atomic mass is 15.1. The van der Waals surface area contributed by atoms with Crippen molar-refractivity contribution < 1.29 is 0 Å². The number of hydrogen-bond donors (Lipinski definition) is 1. The van der Waals surface area contributed by atoms with Crippen LogP contribution in [0.5, 0.6) is 0 Å². The van der Waals surface area contributed by atoms with Crippen molar-refractivity contribution in [3.05, 3.63) is 18.2 Å². The zero-order valence-corrected chi connectivity index (χ0v) is 9.74. The first kappa shape index (κ1) is 10.7. The minimum Gasteiger partial charge on any atom is -0.335 e. The molecule has 1 aliphatic carbocycles. The Morgan fingerprint density at radius 3 is 3.07 bits per heavy atom. The molecule has 0 amide bonds. The van der Waals surface area contributed by atoms with Gasteiger partial charge < -0.3 is 9.88 Å². The molecule has 84 valence electrons. The molecule has 2 rings (SSSR count). The molecule has 0 radical (unpaired) electrons. The normalized spacial score (nSPS) is 26.0. The van der Waals surface area contributed by atoms with Gasteiger partial charge in [0.1, 0.15) is 5.82 Å². The second kappa shape index (κ2) is 4.79. The van der Waals surface area contributed by atoms with E-state index < -0.39 is 0 Å². The molecule has 0 spiro atoms. The first-order valence-electron chi connectivity index (χ1n) is 6.03. The van der Waals surface area contributed by atoms with Gasteiger partial charge in [-0.15, -0.1) is 0 Å². The number of aromatic nitrogens is 2. The summed E-state index contributed by atoms with van der Waals surface area (Å²) in [7, 11) is 2.06. The highest BCUT2D eigenvalue weighted by Gasteiger charge is 2.27. The lowest BCUT2D eigenvalue weighted by Gasteiger charge is -2.12. The third-order valence-corrected chi connectivity index (χ3v) is 3.42. The van der Waals surface area contributed by atoms with E-state index in [2.05, 4.69) is 35.0 Å². The van der Waals surface area contributed by atoms with Crippen LogP contribution in [0.3, 0.4) is 0 Å². The van der Waals surface area contributed by atoms with E-state index in [4.69, 9.17) is 0 Å². The Labute approximate surface area is 91.9 Å². The predicted octanol–water partition coefficient (Wildman–Crippen LogP) is 2.15. The van der Waals surface area contributed by atoms with Gasteiger partial charge in [-0.25, -0.2) is 4.98 Å². The van der Waals surface area contributed by atoms with Crippen molar-refractivity contribution in [2.24, 2.45) is 0 Å². The Balaban J connectivity index is 2.06. The van der Waals surface area contributed by atoms with E-state index in [-0.39, 0.29) is 0 Å². The monoisotopic (exact) mass is 207 g/mol. The van der Waals surface area contributed by atoms with Crippen LogP contribution in [-0.2, 0) is 6.54 Å². The van der Waals surface area contributed by atoms with Gasteiger partial charge in [-0.05, 0) is 32.7 Å². The van der Waals surface area contributed by atoms with Crippen LogP contribution in [0.15, 0.2) is 12.4 Å². The maximum atomic E-state index is 4.52. The molecular weight excluding hydrogens is 186 g/mol. The Bertz CT molecular complexity index is 306. The smallest absolute Gasteiger partial charge is 0.111 e. The van der Waals surface area contributed by atoms with Crippen molar-refractivity contribution in [3.8, 4) is 0 Å². The first-order valence-corrected chi connectivity index (χ1v) is 6.03. The zero-order chi connectivity index (χ0) is 10.7. The largest absolute Gasteiger partial charge is 0.335 e. The molecular formula is C12H21N3. The second-order valence-electron chi connectivity index (χ2n) is 4.47. The predicted molar refractivity (Wildman–Crippen MR) is 62.0 cm³/mol. The van der Waals surface area contributed by atoms with Gasteiger partial charge in [0.25, 0.3) is 0 Å². The third kappa shape index (κ3) is 2.23. The Morgan fingerprint density at radius 1 is 1.53 bits per heavy atom. The van der Waals surface area contributed by atoms with E-state index in [9.17, 15) is 0 Å². The van der Waals surface area contributed by atoms with Gasteiger partial charge in [-0.1, -0.05) is 6.92 Å². The van der Waals surface area contributed by atoms with E-state index in [0.717, 1.165) is 6.54 Å². The molecule has 3 heteroatoms. The molecule has 15 heavy (non-hydrogen) atoms. The van der Waals surface area contributed by atoms with Crippen molar-refractivity contribution >= 4 is 0 Å². The van der Waals surface area contributed by atoms with Crippen LogP contribution in [0.2, 0.25) is 0 Å². The molecule has 1 heterocycles. The SMILES string of the molecule is CCCn1ccnc1C1CCC(NC)C1. The van der Waals surface area contributed by atoms with Crippen molar-refractivity contribution in [2.45, 2.75) is 51.1 Å². The molecule has 1 N–H and O–H groups in total. The maximum absolute atomic E-state index is 4.52. The van der Waals surface area contributed by atoms with Crippen molar-refractivity contribution in [3.63, 3.8) is 0 Å². The van der Waals surface area contributed by atoms with Gasteiger partial charge in [0.2, 0.25) is 0 Å². The number of nitrogens with zero attached hydrogens (tertiary/aromatic N) is 2. The zero-order valence-electron chi connectivity index (χ0n) is 9.74. The summed E-state index contributed by atoms with van der Waals surface area (Å²) >= 11 is 0. The van der Waals surface area contributed by atoms with Gasteiger partial charge in [-0.3, -0.25) is 0 Å². The summed E-state index contributed by atoms with van der Waals surface area (Å²) < 4.78 is 2.32. The lowest BCUT2D eigenvalue weighted by Crippen LogP contribution is -2.21. The summed E-state index contributed by atoms with van der Waals surface area (Å²) in [6, 6.07) is 0.696. The van der Waals surface area contributed by atoms with Crippen LogP contribution in [-0.4, -0.2) is 22.6 Å². The molecule has 1 fully saturated rings. The highest BCUT2D eigenvalue weighted by Crippen LogP contribution is 2.33. The van der Waals surface area contributed by atoms with E-state index >= 15 is 0 Å². The molecule has 0 aliphatic heterocycles. The topological polar surface area (TPSA) is 29.9 Å². The van der Waals surface area contributed by atoms with E-state index in [1.165, 1.54) is 31.5 Å². The summed E-state index contributed by atoms with van der Waals surface area (Å²) in [5.74, 6) is 1.97. The number of hydrogen-bond acceptors (Lipinski definition) is 2. The summed E-state index contributed by atoms with van der Waals surface area (Å²) in [6.45, 7) is 3.32. The molecule has 0 saturated heterocycles.